The fraction of sp³-hybridized carbons (Fsp3) is 0.441. The van der Waals surface area contributed by atoms with Crippen LogP contribution < -0.4 is 4.90 Å². The average molecular weight is 606 g/mol. The first-order valence-corrected chi connectivity index (χ1v) is 15.3. The highest BCUT2D eigenvalue weighted by atomic mass is 35.5. The van der Waals surface area contributed by atoms with Crippen LogP contribution in [-0.4, -0.2) is 76.1 Å². The Morgan fingerprint density at radius 1 is 1.14 bits per heavy atom. The number of carbonyl (C=O) groups is 3. The van der Waals surface area contributed by atoms with Crippen LogP contribution in [0, 0.1) is 18.8 Å². The van der Waals surface area contributed by atoms with E-state index in [0.717, 1.165) is 11.1 Å². The third-order valence-electron chi connectivity index (χ3n) is 9.25. The van der Waals surface area contributed by atoms with Gasteiger partial charge in [0.15, 0.2) is 0 Å². The molecule has 228 valence electrons. The summed E-state index contributed by atoms with van der Waals surface area (Å²) < 4.78 is 6.67. The van der Waals surface area contributed by atoms with E-state index >= 15 is 0 Å². The number of fused-ring (bicyclic) bond motifs is 1. The van der Waals surface area contributed by atoms with Crippen molar-refractivity contribution < 1.29 is 24.2 Å². The second-order valence-electron chi connectivity index (χ2n) is 11.7. The van der Waals surface area contributed by atoms with Crippen molar-refractivity contribution in [1.29, 1.82) is 0 Å². The van der Waals surface area contributed by atoms with Crippen LogP contribution in [0.5, 0.6) is 0 Å². The van der Waals surface area contributed by atoms with Crippen LogP contribution in [-0.2, 0) is 25.7 Å². The molecule has 3 aliphatic heterocycles. The average Bonchev–Trinajstić information content (AvgIpc) is 3.64. The molecule has 3 saturated heterocycles. The minimum Gasteiger partial charge on any atom is -0.394 e. The van der Waals surface area contributed by atoms with E-state index in [1.807, 2.05) is 56.3 Å². The number of benzene rings is 2. The van der Waals surface area contributed by atoms with Crippen molar-refractivity contribution in [2.75, 3.05) is 24.6 Å². The first-order chi connectivity index (χ1) is 20.7. The number of aliphatic hydroxyl groups is 1. The van der Waals surface area contributed by atoms with Crippen molar-refractivity contribution in [2.45, 2.75) is 63.4 Å². The van der Waals surface area contributed by atoms with Gasteiger partial charge in [0, 0.05) is 19.6 Å². The molecule has 2 aromatic rings. The van der Waals surface area contributed by atoms with Gasteiger partial charge in [-0.05, 0) is 43.4 Å². The zero-order valence-corrected chi connectivity index (χ0v) is 25.6. The van der Waals surface area contributed by atoms with E-state index in [-0.39, 0.29) is 30.9 Å². The van der Waals surface area contributed by atoms with Gasteiger partial charge in [0.05, 0.1) is 41.3 Å². The van der Waals surface area contributed by atoms with Crippen LogP contribution in [0.1, 0.15) is 37.3 Å². The predicted molar refractivity (Wildman–Crippen MR) is 166 cm³/mol. The maximum absolute atomic E-state index is 14.8. The molecule has 43 heavy (non-hydrogen) atoms. The summed E-state index contributed by atoms with van der Waals surface area (Å²) in [5.41, 5.74) is 1.10. The van der Waals surface area contributed by atoms with Crippen molar-refractivity contribution in [3.8, 4) is 0 Å². The molecule has 6 atom stereocenters. The van der Waals surface area contributed by atoms with Gasteiger partial charge in [-0.3, -0.25) is 14.4 Å². The van der Waals surface area contributed by atoms with Crippen molar-refractivity contribution >= 4 is 35.0 Å². The maximum Gasteiger partial charge on any atom is 0.253 e. The molecule has 1 N–H and O–H groups in total. The Balaban J connectivity index is 1.58. The van der Waals surface area contributed by atoms with E-state index in [9.17, 15) is 19.5 Å². The number of rotatable bonds is 12. The summed E-state index contributed by atoms with van der Waals surface area (Å²) in [6.45, 7) is 12.0. The zero-order chi connectivity index (χ0) is 30.9. The van der Waals surface area contributed by atoms with Crippen molar-refractivity contribution in [3.05, 3.63) is 90.0 Å². The highest BCUT2D eigenvalue weighted by molar-refractivity contribution is 6.34. The minimum absolute atomic E-state index is 0.161. The van der Waals surface area contributed by atoms with Crippen molar-refractivity contribution in [1.82, 2.24) is 9.80 Å². The van der Waals surface area contributed by atoms with Crippen LogP contribution in [0.4, 0.5) is 5.69 Å². The van der Waals surface area contributed by atoms with Gasteiger partial charge in [0.25, 0.3) is 5.91 Å². The van der Waals surface area contributed by atoms with Gasteiger partial charge in [-0.15, -0.1) is 13.2 Å². The van der Waals surface area contributed by atoms with E-state index in [1.54, 1.807) is 28.0 Å². The Kier molecular flexibility index (Phi) is 9.11. The van der Waals surface area contributed by atoms with E-state index in [0.29, 0.717) is 43.1 Å². The van der Waals surface area contributed by atoms with Crippen LogP contribution in [0.25, 0.3) is 0 Å². The van der Waals surface area contributed by atoms with Crippen molar-refractivity contribution in [2.24, 2.45) is 11.8 Å². The zero-order valence-electron chi connectivity index (χ0n) is 24.8. The summed E-state index contributed by atoms with van der Waals surface area (Å²) in [7, 11) is 0. The molecule has 0 aliphatic carbocycles. The Bertz CT molecular complexity index is 1380. The summed E-state index contributed by atoms with van der Waals surface area (Å²) in [5, 5.41) is 10.8. The summed E-state index contributed by atoms with van der Waals surface area (Å²) in [6, 6.07) is 13.4. The molecular formula is C34H40ClN3O5. The number of halogens is 1. The molecule has 5 rings (SSSR count). The van der Waals surface area contributed by atoms with Crippen LogP contribution >= 0.6 is 11.6 Å². The molecular weight excluding hydrogens is 566 g/mol. The number of nitrogens with zero attached hydrogens (tertiary/aromatic N) is 3. The molecule has 3 aliphatic rings. The first-order valence-electron chi connectivity index (χ1n) is 15.0. The fourth-order valence-electron chi connectivity index (χ4n) is 7.40. The van der Waals surface area contributed by atoms with Crippen LogP contribution in [0.2, 0.25) is 5.02 Å². The van der Waals surface area contributed by atoms with Gasteiger partial charge in [0.1, 0.15) is 11.6 Å². The molecule has 2 unspecified atom stereocenters. The number of aryl methyl sites for hydroxylation is 1. The van der Waals surface area contributed by atoms with Crippen molar-refractivity contribution in [3.63, 3.8) is 0 Å². The van der Waals surface area contributed by atoms with Crippen LogP contribution in [0.15, 0.2) is 73.8 Å². The second-order valence-corrected chi connectivity index (χ2v) is 12.1. The standard InChI is InChI=1S/C34H40ClN3O5/c1-5-18-36(20-23-13-9-8-10-14-23)31(40)27-26-16-17-34(43-26)28(27)32(41)38(24(7-3)21-39)30(34)33(42)37(19-6-2)29-22(4)12-11-15-25(29)35/h5-6,8-15,24,26-28,30,39H,1-2,7,16-21H2,3-4H3/t24-,26+,27-,28-,30?,34?/m0/s1. The Morgan fingerprint density at radius 3 is 2.49 bits per heavy atom. The predicted octanol–water partition coefficient (Wildman–Crippen LogP) is 4.53. The van der Waals surface area contributed by atoms with Gasteiger partial charge in [-0.25, -0.2) is 0 Å². The number of hydrogen-bond donors (Lipinski definition) is 1. The molecule has 0 radical (unpaired) electrons. The third kappa shape index (κ3) is 5.19. The second kappa shape index (κ2) is 12.6. The number of carbonyl (C=O) groups excluding carboxylic acids is 3. The van der Waals surface area contributed by atoms with E-state index < -0.39 is 35.6 Å². The van der Waals surface area contributed by atoms with Crippen LogP contribution in [0.3, 0.4) is 0 Å². The number of amides is 3. The molecule has 3 fully saturated rings. The summed E-state index contributed by atoms with van der Waals surface area (Å²) in [5.74, 6) is -2.48. The normalized spacial score (nSPS) is 26.2. The van der Waals surface area contributed by atoms with E-state index in [1.165, 1.54) is 4.90 Å². The third-order valence-corrected chi connectivity index (χ3v) is 9.55. The summed E-state index contributed by atoms with van der Waals surface area (Å²) in [6.07, 6.45) is 4.24. The molecule has 0 aromatic heterocycles. The maximum atomic E-state index is 14.8. The lowest BCUT2D eigenvalue weighted by Gasteiger charge is -2.39. The number of aliphatic hydroxyl groups excluding tert-OH is 1. The van der Waals surface area contributed by atoms with Gasteiger partial charge >= 0.3 is 0 Å². The number of hydrogen-bond acceptors (Lipinski definition) is 5. The number of likely N-dealkylation sites (tertiary alicyclic amines) is 1. The number of para-hydroxylation sites is 1. The molecule has 2 aromatic carbocycles. The molecule has 3 amide bonds. The molecule has 3 heterocycles. The summed E-state index contributed by atoms with van der Waals surface area (Å²) >= 11 is 6.64. The smallest absolute Gasteiger partial charge is 0.253 e. The summed E-state index contributed by atoms with van der Waals surface area (Å²) in [4.78, 5) is 48.3. The Labute approximate surface area is 258 Å². The highest BCUT2D eigenvalue weighted by Gasteiger charge is 2.75. The number of anilines is 1. The lowest BCUT2D eigenvalue weighted by Crippen LogP contribution is -2.59. The lowest BCUT2D eigenvalue weighted by molar-refractivity contribution is -0.147. The Hall–Kier alpha value is -3.46. The first kappa shape index (κ1) is 31.0. The lowest BCUT2D eigenvalue weighted by atomic mass is 9.70. The number of ether oxygens (including phenoxy) is 1. The van der Waals surface area contributed by atoms with Gasteiger partial charge in [0.2, 0.25) is 11.8 Å². The van der Waals surface area contributed by atoms with Gasteiger partial charge in [-0.2, -0.15) is 0 Å². The monoisotopic (exact) mass is 605 g/mol. The molecule has 1 spiro atoms. The molecule has 9 heteroatoms. The van der Waals surface area contributed by atoms with E-state index in [2.05, 4.69) is 13.2 Å². The van der Waals surface area contributed by atoms with Gasteiger partial charge < -0.3 is 24.5 Å². The fourth-order valence-corrected chi connectivity index (χ4v) is 7.72. The molecule has 2 bridgehead atoms. The largest absolute Gasteiger partial charge is 0.394 e. The molecule has 8 nitrogen and oxygen atoms in total. The minimum atomic E-state index is -1.21. The van der Waals surface area contributed by atoms with E-state index in [4.69, 9.17) is 16.3 Å². The Morgan fingerprint density at radius 2 is 1.86 bits per heavy atom. The molecule has 0 saturated carbocycles. The SMILES string of the molecule is C=CCN(Cc1ccccc1)C(=O)[C@@H]1[C@H]2C(=O)N([C@@H](CC)CO)C(C(=O)N(CC=C)c3c(C)cccc3Cl)C23CC[C@H]1O3. The highest BCUT2D eigenvalue weighted by Crippen LogP contribution is 2.59. The van der Waals surface area contributed by atoms with Gasteiger partial charge in [-0.1, -0.05) is 73.1 Å². The quantitative estimate of drug-likeness (QED) is 0.359. The topological polar surface area (TPSA) is 90.4 Å².